The van der Waals surface area contributed by atoms with E-state index in [0.29, 0.717) is 34.0 Å². The van der Waals surface area contributed by atoms with Crippen LogP contribution in [0, 0.1) is 6.92 Å². The lowest BCUT2D eigenvalue weighted by Gasteiger charge is -2.15. The summed E-state index contributed by atoms with van der Waals surface area (Å²) < 4.78 is 6.90. The van der Waals surface area contributed by atoms with Gasteiger partial charge in [-0.1, -0.05) is 48.9 Å². The van der Waals surface area contributed by atoms with Crippen molar-refractivity contribution >= 4 is 34.1 Å². The third kappa shape index (κ3) is 5.75. The fourth-order valence-electron chi connectivity index (χ4n) is 4.16. The van der Waals surface area contributed by atoms with Gasteiger partial charge in [-0.15, -0.1) is 0 Å². The number of pyridine rings is 1. The molecule has 35 heavy (non-hydrogen) atoms. The normalized spacial score (nSPS) is 11.0. The maximum atomic E-state index is 13.5. The summed E-state index contributed by atoms with van der Waals surface area (Å²) in [6, 6.07) is 21.3. The first kappa shape index (κ1) is 24.6. The maximum absolute atomic E-state index is 13.5. The van der Waals surface area contributed by atoms with Gasteiger partial charge in [0.05, 0.1) is 12.6 Å². The predicted molar refractivity (Wildman–Crippen MR) is 143 cm³/mol. The Labute approximate surface area is 210 Å². The summed E-state index contributed by atoms with van der Waals surface area (Å²) in [6.45, 7) is 3.91. The number of carbonyl (C=O) groups is 1. The third-order valence-electron chi connectivity index (χ3n) is 6.27. The Morgan fingerprint density at radius 1 is 0.971 bits per heavy atom. The zero-order chi connectivity index (χ0) is 24.9. The molecule has 0 saturated carbocycles. The number of benzene rings is 3. The average molecular weight is 489 g/mol. The van der Waals surface area contributed by atoms with Gasteiger partial charge in [-0.3, -0.25) is 14.2 Å². The molecule has 1 aromatic heterocycles. The van der Waals surface area contributed by atoms with Crippen molar-refractivity contribution in [1.29, 1.82) is 0 Å². The molecule has 1 amide bonds. The van der Waals surface area contributed by atoms with Gasteiger partial charge < -0.3 is 10.1 Å². The quantitative estimate of drug-likeness (QED) is 0.333. The number of amides is 1. The lowest BCUT2D eigenvalue weighted by molar-refractivity contribution is -0.116. The van der Waals surface area contributed by atoms with E-state index in [0.717, 1.165) is 23.8 Å². The molecule has 0 aliphatic rings. The molecule has 0 fully saturated rings. The molecule has 1 heterocycles. The summed E-state index contributed by atoms with van der Waals surface area (Å²) in [7, 11) is 1.58. The number of hydrogen-bond acceptors (Lipinski definition) is 3. The fourth-order valence-corrected chi connectivity index (χ4v) is 4.33. The van der Waals surface area contributed by atoms with Crippen LogP contribution in [0.2, 0.25) is 5.02 Å². The van der Waals surface area contributed by atoms with Crippen molar-refractivity contribution in [1.82, 2.24) is 4.57 Å². The van der Waals surface area contributed by atoms with Crippen LogP contribution >= 0.6 is 11.6 Å². The van der Waals surface area contributed by atoms with Crippen LogP contribution in [0.25, 0.3) is 10.9 Å². The van der Waals surface area contributed by atoms with Crippen molar-refractivity contribution in [3.63, 3.8) is 0 Å². The van der Waals surface area contributed by atoms with Crippen LogP contribution in [-0.2, 0) is 30.6 Å². The van der Waals surface area contributed by atoms with Crippen molar-refractivity contribution in [3.8, 4) is 5.75 Å². The Morgan fingerprint density at radius 2 is 1.71 bits per heavy atom. The maximum Gasteiger partial charge on any atom is 0.254 e. The van der Waals surface area contributed by atoms with E-state index in [1.54, 1.807) is 25.3 Å². The summed E-state index contributed by atoms with van der Waals surface area (Å²) >= 11 is 6.10. The summed E-state index contributed by atoms with van der Waals surface area (Å²) in [4.78, 5) is 26.5. The van der Waals surface area contributed by atoms with E-state index in [4.69, 9.17) is 16.3 Å². The minimum atomic E-state index is -0.297. The van der Waals surface area contributed by atoms with Gasteiger partial charge in [0.25, 0.3) is 5.56 Å². The molecule has 1 N–H and O–H groups in total. The van der Waals surface area contributed by atoms with Crippen LogP contribution < -0.4 is 15.6 Å². The number of ether oxygens (including phenoxy) is 1. The molecule has 5 nitrogen and oxygen atoms in total. The van der Waals surface area contributed by atoms with Crippen LogP contribution in [0.4, 0.5) is 5.69 Å². The molecule has 3 aromatic carbocycles. The molecule has 180 valence electrons. The SMILES string of the molecule is CCc1ccc(CCc2cc3ccc(OC)cc3n(CC(=O)Nc3cc(Cl)ccc3C)c2=O)cc1. The van der Waals surface area contributed by atoms with Crippen LogP contribution in [-0.4, -0.2) is 17.6 Å². The van der Waals surface area contributed by atoms with Crippen LogP contribution in [0.5, 0.6) is 5.75 Å². The number of fused-ring (bicyclic) bond motifs is 1. The highest BCUT2D eigenvalue weighted by molar-refractivity contribution is 6.31. The largest absolute Gasteiger partial charge is 0.497 e. The van der Waals surface area contributed by atoms with Gasteiger partial charge in [0.2, 0.25) is 5.91 Å². The van der Waals surface area contributed by atoms with E-state index >= 15 is 0 Å². The zero-order valence-electron chi connectivity index (χ0n) is 20.2. The summed E-state index contributed by atoms with van der Waals surface area (Å²) in [5.74, 6) is 0.328. The number of rotatable bonds is 8. The lowest BCUT2D eigenvalue weighted by Crippen LogP contribution is -2.30. The number of nitrogens with one attached hydrogen (secondary N) is 1. The molecule has 0 unspecified atom stereocenters. The summed E-state index contributed by atoms with van der Waals surface area (Å²) in [6.07, 6.45) is 2.33. The Kier molecular flexibility index (Phi) is 7.57. The Morgan fingerprint density at radius 3 is 2.43 bits per heavy atom. The Balaban J connectivity index is 1.66. The highest BCUT2D eigenvalue weighted by Crippen LogP contribution is 2.23. The second kappa shape index (κ2) is 10.8. The van der Waals surface area contributed by atoms with Gasteiger partial charge in [0.1, 0.15) is 12.3 Å². The summed E-state index contributed by atoms with van der Waals surface area (Å²) in [5, 5.41) is 4.31. The first-order valence-corrected chi connectivity index (χ1v) is 12.1. The molecule has 0 radical (unpaired) electrons. The lowest BCUT2D eigenvalue weighted by atomic mass is 10.0. The number of halogens is 1. The number of nitrogens with zero attached hydrogens (tertiary/aromatic N) is 1. The van der Waals surface area contributed by atoms with Crippen molar-refractivity contribution in [3.05, 3.63) is 104 Å². The van der Waals surface area contributed by atoms with Gasteiger partial charge in [-0.05, 0) is 78.6 Å². The molecule has 6 heteroatoms. The highest BCUT2D eigenvalue weighted by atomic mass is 35.5. The molecular weight excluding hydrogens is 460 g/mol. The molecule has 0 aliphatic carbocycles. The molecular formula is C29H29ClN2O3. The van der Waals surface area contributed by atoms with Crippen molar-refractivity contribution < 1.29 is 9.53 Å². The smallest absolute Gasteiger partial charge is 0.254 e. The minimum absolute atomic E-state index is 0.118. The number of hydrogen-bond donors (Lipinski definition) is 1. The number of anilines is 1. The number of aromatic nitrogens is 1. The molecule has 4 aromatic rings. The number of methoxy groups -OCH3 is 1. The molecule has 0 bridgehead atoms. The van der Waals surface area contributed by atoms with Crippen molar-refractivity contribution in [2.45, 2.75) is 39.7 Å². The number of aryl methyl sites for hydroxylation is 4. The van der Waals surface area contributed by atoms with E-state index in [-0.39, 0.29) is 18.0 Å². The van der Waals surface area contributed by atoms with Crippen LogP contribution in [0.1, 0.15) is 29.2 Å². The zero-order valence-corrected chi connectivity index (χ0v) is 21.0. The molecule has 0 atom stereocenters. The van der Waals surface area contributed by atoms with Gasteiger partial charge in [-0.25, -0.2) is 0 Å². The summed E-state index contributed by atoms with van der Waals surface area (Å²) in [5.41, 5.74) is 5.15. The van der Waals surface area contributed by atoms with Crippen LogP contribution in [0.3, 0.4) is 0 Å². The Hall–Kier alpha value is -3.57. The van der Waals surface area contributed by atoms with Gasteiger partial charge >= 0.3 is 0 Å². The predicted octanol–water partition coefficient (Wildman–Crippen LogP) is 5.96. The van der Waals surface area contributed by atoms with Gasteiger partial charge in [-0.2, -0.15) is 0 Å². The second-order valence-electron chi connectivity index (χ2n) is 8.66. The van der Waals surface area contributed by atoms with E-state index in [1.165, 1.54) is 15.7 Å². The monoisotopic (exact) mass is 488 g/mol. The minimum Gasteiger partial charge on any atom is -0.497 e. The molecule has 0 aliphatic heterocycles. The Bertz CT molecular complexity index is 1420. The molecule has 0 spiro atoms. The van der Waals surface area contributed by atoms with Crippen molar-refractivity contribution in [2.75, 3.05) is 12.4 Å². The van der Waals surface area contributed by atoms with Gasteiger partial charge in [0, 0.05) is 22.3 Å². The highest BCUT2D eigenvalue weighted by Gasteiger charge is 2.15. The van der Waals surface area contributed by atoms with E-state index in [1.807, 2.05) is 31.2 Å². The van der Waals surface area contributed by atoms with Crippen LogP contribution in [0.15, 0.2) is 71.5 Å². The number of carbonyl (C=O) groups excluding carboxylic acids is 1. The molecule has 0 saturated heterocycles. The first-order valence-electron chi connectivity index (χ1n) is 11.7. The third-order valence-corrected chi connectivity index (χ3v) is 6.50. The van der Waals surface area contributed by atoms with Crippen molar-refractivity contribution in [2.24, 2.45) is 0 Å². The fraction of sp³-hybridized carbons (Fsp3) is 0.241. The topological polar surface area (TPSA) is 60.3 Å². The van der Waals surface area contributed by atoms with E-state index in [2.05, 4.69) is 36.5 Å². The first-order chi connectivity index (χ1) is 16.9. The van der Waals surface area contributed by atoms with Gasteiger partial charge in [0.15, 0.2) is 0 Å². The molecule has 4 rings (SSSR count). The second-order valence-corrected chi connectivity index (χ2v) is 9.10. The average Bonchev–Trinajstić information content (AvgIpc) is 2.87. The van der Waals surface area contributed by atoms with E-state index < -0.39 is 0 Å². The van der Waals surface area contributed by atoms with E-state index in [9.17, 15) is 9.59 Å². The standard InChI is InChI=1S/C29H29ClN2O3/c1-4-20-6-8-21(9-7-20)10-11-23-15-22-12-14-25(35-3)17-27(22)32(29(23)34)18-28(33)31-26-16-24(30)13-5-19(26)2/h5-9,12-17H,4,10-11,18H2,1-3H3,(H,31,33).